The van der Waals surface area contributed by atoms with Crippen molar-refractivity contribution in [2.24, 2.45) is 23.2 Å². The third-order valence-electron chi connectivity index (χ3n) is 7.10. The van der Waals surface area contributed by atoms with E-state index in [4.69, 9.17) is 0 Å². The molecule has 5 aliphatic rings. The van der Waals surface area contributed by atoms with E-state index >= 15 is 0 Å². The van der Waals surface area contributed by atoms with Crippen molar-refractivity contribution in [2.45, 2.75) is 57.4 Å². The molecule has 0 aromatic rings. The fraction of sp³-hybridized carbons (Fsp3) is 0.944. The highest BCUT2D eigenvalue weighted by Gasteiger charge is 2.54. The second kappa shape index (κ2) is 6.20. The number of hydrogen-bond donors (Lipinski definition) is 1. The number of carbonyl (C=O) groups excluding carboxylic acids is 1. The average Bonchev–Trinajstić information content (AvgIpc) is 2.54. The molecule has 25 heavy (non-hydrogen) atoms. The number of nitrogens with zero attached hydrogens (tertiary/aromatic N) is 2. The monoisotopic (exact) mass is 369 g/mol. The average molecular weight is 370 g/mol. The van der Waals surface area contributed by atoms with Gasteiger partial charge in [-0.3, -0.25) is 4.79 Å². The van der Waals surface area contributed by atoms with Gasteiger partial charge in [0.15, 0.2) is 0 Å². The summed E-state index contributed by atoms with van der Waals surface area (Å²) in [4.78, 5) is 13.1. The molecule has 6 nitrogen and oxygen atoms in total. The van der Waals surface area contributed by atoms with Gasteiger partial charge in [0.05, 0.1) is 0 Å². The summed E-state index contributed by atoms with van der Waals surface area (Å²) < 4.78 is 27.2. The quantitative estimate of drug-likeness (QED) is 0.818. The molecule has 1 heterocycles. The lowest BCUT2D eigenvalue weighted by molar-refractivity contribution is -0.147. The van der Waals surface area contributed by atoms with Crippen LogP contribution in [0.2, 0.25) is 0 Å². The molecule has 0 aromatic heterocycles. The van der Waals surface area contributed by atoms with Crippen LogP contribution in [0.25, 0.3) is 0 Å². The van der Waals surface area contributed by atoms with E-state index in [2.05, 4.69) is 5.32 Å². The van der Waals surface area contributed by atoms with Crippen molar-refractivity contribution in [2.75, 3.05) is 27.2 Å². The highest BCUT2D eigenvalue weighted by atomic mass is 32.2. The van der Waals surface area contributed by atoms with Gasteiger partial charge in [0.2, 0.25) is 5.91 Å². The van der Waals surface area contributed by atoms with Gasteiger partial charge in [0.1, 0.15) is 0 Å². The molecule has 0 aromatic carbocycles. The lowest BCUT2D eigenvalue weighted by Gasteiger charge is -2.56. The molecule has 0 atom stereocenters. The normalized spacial score (nSPS) is 39.1. The minimum Gasteiger partial charge on any atom is -0.353 e. The Kier molecular flexibility index (Phi) is 4.40. The van der Waals surface area contributed by atoms with E-state index < -0.39 is 10.2 Å². The van der Waals surface area contributed by atoms with Crippen LogP contribution in [0.1, 0.15) is 51.4 Å². The van der Waals surface area contributed by atoms with Crippen LogP contribution in [0.3, 0.4) is 0 Å². The van der Waals surface area contributed by atoms with Crippen molar-refractivity contribution < 1.29 is 13.2 Å². The van der Waals surface area contributed by atoms with Crippen LogP contribution < -0.4 is 5.32 Å². The molecule has 4 bridgehead atoms. The minimum atomic E-state index is -3.33. The first-order valence-electron chi connectivity index (χ1n) is 9.77. The Hall–Kier alpha value is -0.660. The molecule has 4 saturated carbocycles. The molecule has 7 heteroatoms. The van der Waals surface area contributed by atoms with Crippen LogP contribution in [0.15, 0.2) is 0 Å². The molecular weight excluding hydrogens is 338 g/mol. The Bertz CT molecular complexity index is 603. The summed E-state index contributed by atoms with van der Waals surface area (Å²) in [5, 5.41) is 3.30. The second-order valence-electron chi connectivity index (χ2n) is 9.13. The molecule has 0 spiro atoms. The van der Waals surface area contributed by atoms with Crippen molar-refractivity contribution in [1.29, 1.82) is 0 Å². The number of piperidine rings is 1. The van der Waals surface area contributed by atoms with Gasteiger partial charge < -0.3 is 5.32 Å². The summed E-state index contributed by atoms with van der Waals surface area (Å²) in [6.07, 6.45) is 8.69. The Morgan fingerprint density at radius 2 is 1.48 bits per heavy atom. The maximum absolute atomic E-state index is 13.1. The zero-order valence-electron chi connectivity index (χ0n) is 15.4. The predicted molar refractivity (Wildman–Crippen MR) is 95.9 cm³/mol. The molecule has 1 N–H and O–H groups in total. The number of rotatable bonds is 4. The van der Waals surface area contributed by atoms with Gasteiger partial charge in [-0.1, -0.05) is 0 Å². The molecule has 1 aliphatic heterocycles. The fourth-order valence-corrected chi connectivity index (χ4v) is 7.32. The van der Waals surface area contributed by atoms with Gasteiger partial charge in [-0.25, -0.2) is 0 Å². The van der Waals surface area contributed by atoms with E-state index in [1.807, 2.05) is 0 Å². The van der Waals surface area contributed by atoms with Crippen LogP contribution in [0, 0.1) is 23.2 Å². The lowest BCUT2D eigenvalue weighted by Crippen LogP contribution is -2.56. The van der Waals surface area contributed by atoms with Gasteiger partial charge in [0, 0.05) is 38.6 Å². The molecule has 1 saturated heterocycles. The van der Waals surface area contributed by atoms with Crippen molar-refractivity contribution in [1.82, 2.24) is 13.9 Å². The lowest BCUT2D eigenvalue weighted by atomic mass is 9.49. The van der Waals surface area contributed by atoms with Crippen molar-refractivity contribution in [3.63, 3.8) is 0 Å². The van der Waals surface area contributed by atoms with Crippen LogP contribution in [-0.2, 0) is 15.0 Å². The molecule has 4 aliphatic carbocycles. The first kappa shape index (κ1) is 17.7. The van der Waals surface area contributed by atoms with Gasteiger partial charge >= 0.3 is 0 Å². The van der Waals surface area contributed by atoms with Crippen LogP contribution in [0.5, 0.6) is 0 Å². The Labute approximate surface area is 151 Å². The third-order valence-corrected chi connectivity index (χ3v) is 9.04. The van der Waals surface area contributed by atoms with E-state index in [0.717, 1.165) is 37.0 Å². The molecule has 0 unspecified atom stereocenters. The van der Waals surface area contributed by atoms with Crippen LogP contribution >= 0.6 is 0 Å². The third kappa shape index (κ3) is 3.12. The Morgan fingerprint density at radius 3 is 1.92 bits per heavy atom. The first-order valence-corrected chi connectivity index (χ1v) is 11.2. The number of carbonyl (C=O) groups is 1. The molecule has 0 radical (unpaired) electrons. The molecular formula is C18H31N3O3S. The van der Waals surface area contributed by atoms with Crippen molar-refractivity contribution in [3.05, 3.63) is 0 Å². The van der Waals surface area contributed by atoms with Crippen molar-refractivity contribution >= 4 is 16.1 Å². The van der Waals surface area contributed by atoms with E-state index in [-0.39, 0.29) is 17.4 Å². The highest BCUT2D eigenvalue weighted by molar-refractivity contribution is 7.86. The zero-order chi connectivity index (χ0) is 17.8. The van der Waals surface area contributed by atoms with E-state index in [9.17, 15) is 13.2 Å². The molecule has 5 rings (SSSR count). The number of hydrogen-bond acceptors (Lipinski definition) is 3. The maximum Gasteiger partial charge on any atom is 0.281 e. The summed E-state index contributed by atoms with van der Waals surface area (Å²) in [6, 6.07) is 0.120. The second-order valence-corrected chi connectivity index (χ2v) is 11.3. The van der Waals surface area contributed by atoms with E-state index in [1.54, 1.807) is 14.1 Å². The SMILES string of the molecule is CN(C)S(=O)(=O)N1CCC(NC(=O)C23CC4CC(CC(C4)C2)C3)CC1. The summed E-state index contributed by atoms with van der Waals surface area (Å²) in [7, 11) is -0.203. The predicted octanol–water partition coefficient (Wildman–Crippen LogP) is 1.59. The largest absolute Gasteiger partial charge is 0.353 e. The van der Waals surface area contributed by atoms with Crippen molar-refractivity contribution in [3.8, 4) is 0 Å². The highest BCUT2D eigenvalue weighted by Crippen LogP contribution is 2.60. The van der Waals surface area contributed by atoms with E-state index in [0.29, 0.717) is 25.9 Å². The zero-order valence-corrected chi connectivity index (χ0v) is 16.2. The van der Waals surface area contributed by atoms with Gasteiger partial charge in [-0.2, -0.15) is 17.0 Å². The van der Waals surface area contributed by atoms with Crippen LogP contribution in [-0.4, -0.2) is 56.2 Å². The maximum atomic E-state index is 13.1. The molecule has 142 valence electrons. The van der Waals surface area contributed by atoms with Crippen LogP contribution in [0.4, 0.5) is 0 Å². The number of amides is 1. The minimum absolute atomic E-state index is 0.110. The smallest absolute Gasteiger partial charge is 0.281 e. The Morgan fingerprint density at radius 1 is 1.00 bits per heavy atom. The van der Waals surface area contributed by atoms with Gasteiger partial charge in [-0.15, -0.1) is 0 Å². The summed E-state index contributed by atoms with van der Waals surface area (Å²) >= 11 is 0. The summed E-state index contributed by atoms with van der Waals surface area (Å²) in [6.45, 7) is 0.985. The summed E-state index contributed by atoms with van der Waals surface area (Å²) in [5.74, 6) is 2.57. The molecule has 1 amide bonds. The Balaban J connectivity index is 1.36. The van der Waals surface area contributed by atoms with Gasteiger partial charge in [-0.05, 0) is 69.1 Å². The van der Waals surface area contributed by atoms with E-state index in [1.165, 1.54) is 27.9 Å². The van der Waals surface area contributed by atoms with Gasteiger partial charge in [0.25, 0.3) is 10.2 Å². The topological polar surface area (TPSA) is 69.7 Å². The fourth-order valence-electron chi connectivity index (χ4n) is 6.19. The standard InChI is InChI=1S/C18H31N3O3S/c1-20(2)25(23,24)21-5-3-16(4-6-21)19-17(22)18-10-13-7-14(11-18)9-15(8-13)12-18/h13-16H,3-12H2,1-2H3,(H,19,22). The number of nitrogens with one attached hydrogen (secondary N) is 1. The first-order chi connectivity index (χ1) is 11.8. The summed E-state index contributed by atoms with van der Waals surface area (Å²) in [5.41, 5.74) is -0.110. The molecule has 5 fully saturated rings.